The number of nitrogens with zero attached hydrogens (tertiary/aromatic N) is 2. The Morgan fingerprint density at radius 3 is 2.16 bits per heavy atom. The molecule has 6 bridgehead atoms. The van der Waals surface area contributed by atoms with Gasteiger partial charge in [0.15, 0.2) is 34.5 Å². The number of methoxy groups -OCH3 is 3. The molecule has 4 aliphatic heterocycles. The first-order chi connectivity index (χ1) is 23.7. The fourth-order valence-corrected chi connectivity index (χ4v) is 8.15. The molecule has 2 atom stereocenters. The molecule has 0 aromatic heterocycles. The van der Waals surface area contributed by atoms with E-state index < -0.39 is 5.97 Å². The Morgan fingerprint density at radius 1 is 0.776 bits per heavy atom. The molecule has 0 aliphatic carbocycles. The molecule has 0 radical (unpaired) electrons. The molecule has 4 heterocycles. The Morgan fingerprint density at radius 2 is 1.45 bits per heavy atom. The first-order valence-electron chi connectivity index (χ1n) is 16.5. The van der Waals surface area contributed by atoms with Crippen LogP contribution in [0.15, 0.2) is 59.1 Å². The lowest BCUT2D eigenvalue weighted by atomic mass is 9.87. The number of rotatable bonds is 4. The van der Waals surface area contributed by atoms with Crippen LogP contribution in [-0.2, 0) is 30.5 Å². The van der Waals surface area contributed by atoms with Gasteiger partial charge >= 0.3 is 5.97 Å². The predicted octanol–water partition coefficient (Wildman–Crippen LogP) is 7.84. The highest BCUT2D eigenvalue weighted by Gasteiger charge is 2.37. The van der Waals surface area contributed by atoms with Crippen LogP contribution in [0.1, 0.15) is 52.4 Å². The van der Waals surface area contributed by atoms with E-state index in [0.29, 0.717) is 40.9 Å². The van der Waals surface area contributed by atoms with Gasteiger partial charge in [-0.1, -0.05) is 18.2 Å². The number of esters is 1. The van der Waals surface area contributed by atoms with Gasteiger partial charge in [-0.2, -0.15) is 0 Å². The van der Waals surface area contributed by atoms with Crippen LogP contribution >= 0.6 is 15.9 Å². The zero-order valence-electron chi connectivity index (χ0n) is 28.7. The van der Waals surface area contributed by atoms with Crippen LogP contribution in [0.2, 0.25) is 0 Å². The summed E-state index contributed by atoms with van der Waals surface area (Å²) in [5.41, 5.74) is 6.58. The van der Waals surface area contributed by atoms with Crippen LogP contribution < -0.4 is 28.4 Å². The molecular weight excluding hydrogens is 688 g/mol. The molecule has 0 fully saturated rings. The molecule has 49 heavy (non-hydrogen) atoms. The van der Waals surface area contributed by atoms with Crippen molar-refractivity contribution < 1.29 is 33.2 Å². The highest BCUT2D eigenvalue weighted by Crippen LogP contribution is 2.55. The van der Waals surface area contributed by atoms with Gasteiger partial charge in [-0.25, -0.2) is 0 Å². The fraction of sp³-hybridized carbons (Fsp3) is 0.359. The van der Waals surface area contributed by atoms with E-state index >= 15 is 0 Å². The van der Waals surface area contributed by atoms with E-state index in [4.69, 9.17) is 28.4 Å². The summed E-state index contributed by atoms with van der Waals surface area (Å²) in [7, 11) is 9.15. The smallest absolute Gasteiger partial charge is 0.308 e. The molecule has 4 aliphatic rings. The van der Waals surface area contributed by atoms with Crippen LogP contribution in [0.25, 0.3) is 0 Å². The van der Waals surface area contributed by atoms with Gasteiger partial charge < -0.3 is 28.4 Å². The molecule has 4 aromatic rings. The van der Waals surface area contributed by atoms with Crippen molar-refractivity contribution in [3.8, 4) is 46.0 Å². The minimum Gasteiger partial charge on any atom is -0.493 e. The number of benzene rings is 4. The summed E-state index contributed by atoms with van der Waals surface area (Å²) in [6, 6.07) is 18.5. The number of carbonyl (C=O) groups excluding carboxylic acids is 1. The Bertz CT molecular complexity index is 1910. The maximum Gasteiger partial charge on any atom is 0.308 e. The number of hydrogen-bond acceptors (Lipinski definition) is 9. The molecule has 0 N–H and O–H groups in total. The molecule has 256 valence electrons. The number of ether oxygens (including phenoxy) is 6. The minimum absolute atomic E-state index is 0.0969. The second-order valence-corrected chi connectivity index (χ2v) is 13.7. The van der Waals surface area contributed by atoms with Crippen LogP contribution in [-0.4, -0.2) is 64.3 Å². The Kier molecular flexibility index (Phi) is 9.21. The third-order valence-corrected chi connectivity index (χ3v) is 10.8. The second kappa shape index (κ2) is 13.6. The third kappa shape index (κ3) is 6.22. The zero-order chi connectivity index (χ0) is 34.4. The van der Waals surface area contributed by atoms with Gasteiger partial charge in [0.05, 0.1) is 25.8 Å². The Labute approximate surface area is 295 Å². The van der Waals surface area contributed by atoms with Crippen molar-refractivity contribution >= 4 is 21.9 Å². The number of likely N-dealkylation sites (N-methyl/N-ethyl adjacent to an activating group) is 2. The largest absolute Gasteiger partial charge is 0.493 e. The van der Waals surface area contributed by atoms with E-state index in [9.17, 15) is 4.79 Å². The van der Waals surface area contributed by atoms with Gasteiger partial charge in [0.25, 0.3) is 0 Å². The van der Waals surface area contributed by atoms with Crippen molar-refractivity contribution in [3.05, 3.63) is 92.5 Å². The van der Waals surface area contributed by atoms with E-state index in [1.54, 1.807) is 21.3 Å². The summed E-state index contributed by atoms with van der Waals surface area (Å²) >= 11 is 3.83. The van der Waals surface area contributed by atoms with E-state index in [1.165, 1.54) is 23.6 Å². The summed E-state index contributed by atoms with van der Waals surface area (Å²) in [6.45, 7) is 3.10. The van der Waals surface area contributed by atoms with E-state index in [2.05, 4.69) is 70.2 Å². The fourth-order valence-electron chi connectivity index (χ4n) is 7.40. The predicted molar refractivity (Wildman–Crippen MR) is 190 cm³/mol. The van der Waals surface area contributed by atoms with Crippen LogP contribution in [0.5, 0.6) is 46.0 Å². The summed E-state index contributed by atoms with van der Waals surface area (Å²) in [4.78, 5) is 17.4. The average Bonchev–Trinajstić information content (AvgIpc) is 3.09. The number of hydrogen-bond donors (Lipinski definition) is 0. The van der Waals surface area contributed by atoms with Gasteiger partial charge in [0, 0.05) is 37.7 Å². The SMILES string of the molecule is COc1ccc2cc1Oc1ccc(cc1)C[C@H]1c3cc(c(OC)cc3CCN1C)Oc1c(OC(C)=O)c(OC)c(Br)c3c1[C@H](C2)N(C)CC3. The molecule has 0 amide bonds. The topological polar surface area (TPSA) is 78.9 Å². The van der Waals surface area contributed by atoms with Crippen molar-refractivity contribution in [3.63, 3.8) is 0 Å². The normalized spacial score (nSPS) is 18.7. The zero-order valence-corrected chi connectivity index (χ0v) is 30.3. The highest BCUT2D eigenvalue weighted by atomic mass is 79.9. The molecule has 10 heteroatoms. The van der Waals surface area contributed by atoms with Crippen LogP contribution in [0, 0.1) is 0 Å². The molecule has 8 rings (SSSR count). The van der Waals surface area contributed by atoms with Crippen molar-refractivity contribution in [2.24, 2.45) is 0 Å². The number of carbonyl (C=O) groups is 1. The standard InChI is InChI=1S/C39H41BrN2O7/c1-22(43)47-39-37-35-27(36(40)38(39)46-6)14-16-42(3)30(35)18-24-9-12-31(44-4)33(19-24)48-26-10-7-23(8-11-26)17-29-28-21-34(49-37)32(45-5)20-25(28)13-15-41(29)2/h7-12,19-21,29-30H,13-18H2,1-6H3/t29-,30-/m0/s1. The van der Waals surface area contributed by atoms with Gasteiger partial charge in [-0.15, -0.1) is 0 Å². The maximum atomic E-state index is 12.7. The number of fused-ring (bicyclic) bond motifs is 2. The van der Waals surface area contributed by atoms with Gasteiger partial charge in [0.2, 0.25) is 5.75 Å². The van der Waals surface area contributed by atoms with Crippen LogP contribution in [0.3, 0.4) is 0 Å². The molecular formula is C39H41BrN2O7. The number of halogens is 1. The van der Waals surface area contributed by atoms with Crippen molar-refractivity contribution in [1.82, 2.24) is 9.80 Å². The minimum atomic E-state index is -0.480. The van der Waals surface area contributed by atoms with Gasteiger partial charge in [-0.05, 0) is 120 Å². The van der Waals surface area contributed by atoms with E-state index in [1.807, 2.05) is 24.3 Å². The molecule has 4 aromatic carbocycles. The lowest BCUT2D eigenvalue weighted by Gasteiger charge is -2.38. The maximum absolute atomic E-state index is 12.7. The average molecular weight is 730 g/mol. The lowest BCUT2D eigenvalue weighted by Crippen LogP contribution is -2.34. The molecule has 9 nitrogen and oxygen atoms in total. The first-order valence-corrected chi connectivity index (χ1v) is 17.3. The Balaban J connectivity index is 1.50. The molecule has 0 saturated heterocycles. The van der Waals surface area contributed by atoms with E-state index in [-0.39, 0.29) is 17.8 Å². The van der Waals surface area contributed by atoms with Gasteiger partial charge in [0.1, 0.15) is 5.75 Å². The summed E-state index contributed by atoms with van der Waals surface area (Å²) in [5.74, 6) is 3.77. The lowest BCUT2D eigenvalue weighted by molar-refractivity contribution is -0.132. The molecule has 0 unspecified atom stereocenters. The van der Waals surface area contributed by atoms with Crippen LogP contribution in [0.4, 0.5) is 0 Å². The summed E-state index contributed by atoms with van der Waals surface area (Å²) in [6.07, 6.45) is 3.03. The van der Waals surface area contributed by atoms with Crippen molar-refractivity contribution in [1.29, 1.82) is 0 Å². The Hall–Kier alpha value is -4.25. The molecule has 0 saturated carbocycles. The van der Waals surface area contributed by atoms with Crippen molar-refractivity contribution in [2.45, 2.75) is 44.7 Å². The van der Waals surface area contributed by atoms with Gasteiger partial charge in [-0.3, -0.25) is 14.6 Å². The quantitative estimate of drug-likeness (QED) is 0.154. The first kappa shape index (κ1) is 33.3. The second-order valence-electron chi connectivity index (χ2n) is 12.9. The summed E-state index contributed by atoms with van der Waals surface area (Å²) in [5, 5.41) is 0. The summed E-state index contributed by atoms with van der Waals surface area (Å²) < 4.78 is 37.8. The third-order valence-electron chi connectivity index (χ3n) is 9.98. The molecule has 0 spiro atoms. The van der Waals surface area contributed by atoms with E-state index in [0.717, 1.165) is 59.3 Å². The van der Waals surface area contributed by atoms with Crippen molar-refractivity contribution in [2.75, 3.05) is 48.5 Å². The highest BCUT2D eigenvalue weighted by molar-refractivity contribution is 9.10. The monoisotopic (exact) mass is 728 g/mol.